The molecular weight excluding hydrogens is 286 g/mol. The second-order valence-electron chi connectivity index (χ2n) is 5.69. The molecule has 1 nitrogen and oxygen atoms in total. The van der Waals surface area contributed by atoms with Crippen molar-refractivity contribution >= 4 is 15.9 Å². The first-order valence-electron chi connectivity index (χ1n) is 7.05. The van der Waals surface area contributed by atoms with Crippen molar-refractivity contribution in [2.45, 2.75) is 52.0 Å². The van der Waals surface area contributed by atoms with Gasteiger partial charge in [-0.25, -0.2) is 0 Å². The number of rotatable bonds is 4. The summed E-state index contributed by atoms with van der Waals surface area (Å²) >= 11 is 3.62. The van der Waals surface area contributed by atoms with E-state index < -0.39 is 0 Å². The van der Waals surface area contributed by atoms with Gasteiger partial charge in [0.15, 0.2) is 0 Å². The first-order chi connectivity index (χ1) is 8.61. The van der Waals surface area contributed by atoms with E-state index in [1.807, 2.05) is 0 Å². The van der Waals surface area contributed by atoms with Gasteiger partial charge in [0, 0.05) is 10.5 Å². The summed E-state index contributed by atoms with van der Waals surface area (Å²) in [6, 6.07) is 5.11. The summed E-state index contributed by atoms with van der Waals surface area (Å²) in [5.74, 6) is 0.922. The van der Waals surface area contributed by atoms with Gasteiger partial charge in [-0.3, -0.25) is 0 Å². The summed E-state index contributed by atoms with van der Waals surface area (Å²) < 4.78 is 1.22. The molecule has 1 saturated carbocycles. The third kappa shape index (κ3) is 3.16. The Morgan fingerprint density at radius 3 is 2.50 bits per heavy atom. The van der Waals surface area contributed by atoms with Crippen LogP contribution < -0.4 is 5.32 Å². The van der Waals surface area contributed by atoms with E-state index in [9.17, 15) is 0 Å². The molecular formula is C16H24BrN. The van der Waals surface area contributed by atoms with E-state index in [1.54, 1.807) is 0 Å². The van der Waals surface area contributed by atoms with Crippen molar-refractivity contribution in [1.82, 2.24) is 5.32 Å². The van der Waals surface area contributed by atoms with Gasteiger partial charge in [-0.15, -0.1) is 0 Å². The lowest BCUT2D eigenvalue weighted by Crippen LogP contribution is -2.20. The molecule has 0 spiro atoms. The van der Waals surface area contributed by atoms with Crippen LogP contribution in [-0.4, -0.2) is 7.05 Å². The average Bonchev–Trinajstić information content (AvgIpc) is 2.84. The number of benzene rings is 1. The van der Waals surface area contributed by atoms with Crippen LogP contribution in [-0.2, 0) is 0 Å². The summed E-state index contributed by atoms with van der Waals surface area (Å²) in [6.07, 6.45) is 7.00. The predicted molar refractivity (Wildman–Crippen MR) is 82.0 cm³/mol. The number of halogens is 1. The quantitative estimate of drug-likeness (QED) is 0.833. The number of hydrogen-bond donors (Lipinski definition) is 1. The van der Waals surface area contributed by atoms with Crippen LogP contribution in [0.5, 0.6) is 0 Å². The van der Waals surface area contributed by atoms with Crippen molar-refractivity contribution in [1.29, 1.82) is 0 Å². The van der Waals surface area contributed by atoms with Crippen LogP contribution in [0.3, 0.4) is 0 Å². The Kier molecular flexibility index (Phi) is 4.85. The zero-order chi connectivity index (χ0) is 13.1. The highest BCUT2D eigenvalue weighted by Crippen LogP contribution is 2.34. The molecule has 0 aliphatic heterocycles. The zero-order valence-corrected chi connectivity index (χ0v) is 13.3. The van der Waals surface area contributed by atoms with Crippen LogP contribution in [0, 0.1) is 19.8 Å². The van der Waals surface area contributed by atoms with E-state index in [2.05, 4.69) is 54.3 Å². The summed E-state index contributed by atoms with van der Waals surface area (Å²) in [5, 5.41) is 3.52. The summed E-state index contributed by atoms with van der Waals surface area (Å²) in [7, 11) is 2.09. The maximum absolute atomic E-state index is 3.62. The molecule has 1 aromatic carbocycles. The van der Waals surface area contributed by atoms with Crippen LogP contribution in [0.4, 0.5) is 0 Å². The Balaban J connectivity index is 2.18. The smallest absolute Gasteiger partial charge is 0.0322 e. The van der Waals surface area contributed by atoms with Gasteiger partial charge in [-0.1, -0.05) is 47.7 Å². The highest BCUT2D eigenvalue weighted by molar-refractivity contribution is 9.10. The fraction of sp³-hybridized carbons (Fsp3) is 0.625. The average molecular weight is 310 g/mol. The fourth-order valence-electron chi connectivity index (χ4n) is 3.16. The first kappa shape index (κ1) is 14.1. The number of nitrogens with one attached hydrogen (secondary N) is 1. The van der Waals surface area contributed by atoms with Gasteiger partial charge in [0.2, 0.25) is 0 Å². The van der Waals surface area contributed by atoms with Crippen molar-refractivity contribution in [3.05, 3.63) is 33.3 Å². The van der Waals surface area contributed by atoms with Gasteiger partial charge in [0.25, 0.3) is 0 Å². The van der Waals surface area contributed by atoms with Crippen molar-refractivity contribution in [2.24, 2.45) is 5.92 Å². The summed E-state index contributed by atoms with van der Waals surface area (Å²) in [6.45, 7) is 4.40. The fourth-order valence-corrected chi connectivity index (χ4v) is 3.62. The molecule has 0 heterocycles. The van der Waals surface area contributed by atoms with E-state index in [1.165, 1.54) is 53.3 Å². The first-order valence-corrected chi connectivity index (χ1v) is 7.85. The van der Waals surface area contributed by atoms with Gasteiger partial charge < -0.3 is 5.32 Å². The lowest BCUT2D eigenvalue weighted by molar-refractivity contribution is 0.412. The topological polar surface area (TPSA) is 12.0 Å². The molecule has 1 aromatic rings. The molecule has 100 valence electrons. The predicted octanol–water partition coefficient (Wildman–Crippen LogP) is 4.91. The maximum Gasteiger partial charge on any atom is 0.0322 e. The highest BCUT2D eigenvalue weighted by atomic mass is 79.9. The van der Waals surface area contributed by atoms with Crippen LogP contribution in [0.1, 0.15) is 54.8 Å². The molecule has 1 aliphatic carbocycles. The van der Waals surface area contributed by atoms with Gasteiger partial charge in [0.1, 0.15) is 0 Å². The van der Waals surface area contributed by atoms with Crippen LogP contribution in [0.2, 0.25) is 0 Å². The second-order valence-corrected chi connectivity index (χ2v) is 6.54. The number of aryl methyl sites for hydroxylation is 2. The molecule has 1 fully saturated rings. The Morgan fingerprint density at radius 1 is 1.22 bits per heavy atom. The third-order valence-corrected chi connectivity index (χ3v) is 5.17. The zero-order valence-electron chi connectivity index (χ0n) is 11.7. The van der Waals surface area contributed by atoms with Crippen LogP contribution in [0.25, 0.3) is 0 Å². The van der Waals surface area contributed by atoms with Crippen LogP contribution in [0.15, 0.2) is 16.6 Å². The van der Waals surface area contributed by atoms with Crippen LogP contribution >= 0.6 is 15.9 Å². The van der Waals surface area contributed by atoms with Crippen molar-refractivity contribution in [3.8, 4) is 0 Å². The minimum Gasteiger partial charge on any atom is -0.313 e. The molecule has 0 aromatic heterocycles. The van der Waals surface area contributed by atoms with E-state index in [0.717, 1.165) is 5.92 Å². The second kappa shape index (κ2) is 6.21. The summed E-state index contributed by atoms with van der Waals surface area (Å²) in [5.41, 5.74) is 4.21. The summed E-state index contributed by atoms with van der Waals surface area (Å²) in [4.78, 5) is 0. The normalized spacial score (nSPS) is 18.2. The molecule has 0 bridgehead atoms. The van der Waals surface area contributed by atoms with E-state index in [0.29, 0.717) is 6.04 Å². The third-order valence-electron chi connectivity index (χ3n) is 4.31. The SMILES string of the molecule is CNC(CC1CCCC1)c1cc(C)c(Br)cc1C. The Bertz CT molecular complexity index is 408. The standard InChI is InChI=1S/C16H24BrN/c1-11-9-15(17)12(2)8-14(11)16(18-3)10-13-6-4-5-7-13/h8-9,13,16,18H,4-7,10H2,1-3H3. The monoisotopic (exact) mass is 309 g/mol. The molecule has 1 N–H and O–H groups in total. The van der Waals surface area contributed by atoms with Crippen molar-refractivity contribution < 1.29 is 0 Å². The lowest BCUT2D eigenvalue weighted by Gasteiger charge is -2.23. The lowest BCUT2D eigenvalue weighted by atomic mass is 9.90. The molecule has 0 saturated heterocycles. The molecule has 0 radical (unpaired) electrons. The van der Waals surface area contributed by atoms with Gasteiger partial charge in [0.05, 0.1) is 0 Å². The molecule has 2 rings (SSSR count). The van der Waals surface area contributed by atoms with Crippen molar-refractivity contribution in [3.63, 3.8) is 0 Å². The maximum atomic E-state index is 3.62. The van der Waals surface area contributed by atoms with E-state index in [4.69, 9.17) is 0 Å². The van der Waals surface area contributed by atoms with E-state index >= 15 is 0 Å². The van der Waals surface area contributed by atoms with Gasteiger partial charge in [-0.05, 0) is 56.0 Å². The number of hydrogen-bond acceptors (Lipinski definition) is 1. The largest absolute Gasteiger partial charge is 0.313 e. The minimum absolute atomic E-state index is 0.514. The molecule has 18 heavy (non-hydrogen) atoms. The molecule has 1 atom stereocenters. The molecule has 1 aliphatic rings. The molecule has 2 heteroatoms. The minimum atomic E-state index is 0.514. The molecule has 1 unspecified atom stereocenters. The van der Waals surface area contributed by atoms with Gasteiger partial charge >= 0.3 is 0 Å². The van der Waals surface area contributed by atoms with E-state index in [-0.39, 0.29) is 0 Å². The Labute approximate surface area is 119 Å². The van der Waals surface area contributed by atoms with Gasteiger partial charge in [-0.2, -0.15) is 0 Å². The highest BCUT2D eigenvalue weighted by Gasteiger charge is 2.21. The molecule has 0 amide bonds. The Morgan fingerprint density at radius 2 is 1.89 bits per heavy atom. The van der Waals surface area contributed by atoms with Crippen molar-refractivity contribution in [2.75, 3.05) is 7.05 Å². The Hall–Kier alpha value is -0.340.